The van der Waals surface area contributed by atoms with Crippen LogP contribution in [0, 0.1) is 13.8 Å². The second-order valence-corrected chi connectivity index (χ2v) is 5.81. The van der Waals surface area contributed by atoms with Crippen LogP contribution in [0.4, 0.5) is 0 Å². The summed E-state index contributed by atoms with van der Waals surface area (Å²) in [6.45, 7) is 11.2. The Kier molecular flexibility index (Phi) is 4.61. The third-order valence-electron chi connectivity index (χ3n) is 4.03. The number of rotatable bonds is 3. The molecule has 3 nitrogen and oxygen atoms in total. The maximum Gasteiger partial charge on any atom is 0.0678 e. The lowest BCUT2D eigenvalue weighted by Crippen LogP contribution is -2.48. The van der Waals surface area contributed by atoms with Gasteiger partial charge in [-0.15, -0.1) is 0 Å². The third-order valence-corrected chi connectivity index (χ3v) is 4.03. The van der Waals surface area contributed by atoms with E-state index in [1.54, 1.807) is 0 Å². The zero-order valence-corrected chi connectivity index (χ0v) is 12.5. The van der Waals surface area contributed by atoms with Crippen molar-refractivity contribution >= 4 is 0 Å². The molecule has 1 aromatic carbocycles. The van der Waals surface area contributed by atoms with E-state index in [1.807, 2.05) is 0 Å². The first-order valence-electron chi connectivity index (χ1n) is 7.18. The van der Waals surface area contributed by atoms with Gasteiger partial charge in [0.2, 0.25) is 0 Å². The molecule has 1 fully saturated rings. The number of benzene rings is 1. The van der Waals surface area contributed by atoms with Gasteiger partial charge >= 0.3 is 0 Å². The molecular formula is C16H26N2O. The maximum absolute atomic E-state index is 6.03. The van der Waals surface area contributed by atoms with Crippen molar-refractivity contribution in [3.8, 4) is 0 Å². The third kappa shape index (κ3) is 3.35. The van der Waals surface area contributed by atoms with Crippen molar-refractivity contribution in [2.24, 2.45) is 5.73 Å². The van der Waals surface area contributed by atoms with E-state index in [2.05, 4.69) is 50.8 Å². The van der Waals surface area contributed by atoms with Crippen LogP contribution in [0.25, 0.3) is 0 Å². The van der Waals surface area contributed by atoms with Crippen LogP contribution >= 0.6 is 0 Å². The molecule has 0 radical (unpaired) electrons. The van der Waals surface area contributed by atoms with Crippen molar-refractivity contribution in [1.29, 1.82) is 0 Å². The Morgan fingerprint density at radius 2 is 1.84 bits per heavy atom. The first kappa shape index (κ1) is 14.5. The number of ether oxygens (including phenoxy) is 1. The fourth-order valence-corrected chi connectivity index (χ4v) is 2.94. The Morgan fingerprint density at radius 1 is 1.21 bits per heavy atom. The lowest BCUT2D eigenvalue weighted by molar-refractivity contribution is -0.0799. The van der Waals surface area contributed by atoms with E-state index in [0.29, 0.717) is 12.6 Å². The highest BCUT2D eigenvalue weighted by molar-refractivity contribution is 5.32. The average Bonchev–Trinajstić information content (AvgIpc) is 2.33. The lowest BCUT2D eigenvalue weighted by atomic mass is 9.99. The van der Waals surface area contributed by atoms with Crippen LogP contribution in [0.1, 0.15) is 36.6 Å². The van der Waals surface area contributed by atoms with Gasteiger partial charge < -0.3 is 10.5 Å². The Bertz CT molecular complexity index is 423. The van der Waals surface area contributed by atoms with Gasteiger partial charge in [0.05, 0.1) is 12.2 Å². The standard InChI is InChI=1S/C16H26N2O/c1-11-5-6-15(7-12(11)2)16(8-17)18-9-13(3)19-14(4)10-18/h5-7,13-14,16H,8-10,17H2,1-4H3/t13-,14+,16-/m0/s1. The summed E-state index contributed by atoms with van der Waals surface area (Å²) in [4.78, 5) is 2.46. The number of nitrogens with zero attached hydrogens (tertiary/aromatic N) is 1. The molecule has 2 rings (SSSR count). The number of aryl methyl sites for hydroxylation is 2. The predicted octanol–water partition coefficient (Wildman–Crippen LogP) is 2.41. The van der Waals surface area contributed by atoms with Crippen molar-refractivity contribution in [2.45, 2.75) is 45.9 Å². The van der Waals surface area contributed by atoms with Crippen LogP contribution < -0.4 is 5.73 Å². The molecule has 1 saturated heterocycles. The van der Waals surface area contributed by atoms with E-state index < -0.39 is 0 Å². The largest absolute Gasteiger partial charge is 0.373 e. The Balaban J connectivity index is 2.21. The van der Waals surface area contributed by atoms with Crippen LogP contribution in [0.3, 0.4) is 0 Å². The molecule has 1 aliphatic rings. The summed E-state index contributed by atoms with van der Waals surface area (Å²) in [5.41, 5.74) is 10.0. The van der Waals surface area contributed by atoms with Gasteiger partial charge in [-0.3, -0.25) is 4.90 Å². The molecule has 0 saturated carbocycles. The first-order chi connectivity index (χ1) is 9.01. The van der Waals surface area contributed by atoms with Crippen LogP contribution in [-0.2, 0) is 4.74 Å². The molecule has 0 aromatic heterocycles. The van der Waals surface area contributed by atoms with Crippen LogP contribution in [-0.4, -0.2) is 36.7 Å². The normalized spacial score (nSPS) is 26.4. The van der Waals surface area contributed by atoms with Gasteiger partial charge in [0, 0.05) is 25.7 Å². The second kappa shape index (κ2) is 6.04. The molecule has 3 atom stereocenters. The topological polar surface area (TPSA) is 38.5 Å². The molecule has 2 N–H and O–H groups in total. The van der Waals surface area contributed by atoms with Gasteiger partial charge in [0.15, 0.2) is 0 Å². The second-order valence-electron chi connectivity index (χ2n) is 5.81. The molecule has 0 spiro atoms. The minimum atomic E-state index is 0.282. The molecule has 3 heteroatoms. The van der Waals surface area contributed by atoms with Crippen molar-refractivity contribution in [3.63, 3.8) is 0 Å². The molecule has 0 amide bonds. The smallest absolute Gasteiger partial charge is 0.0678 e. The van der Waals surface area contributed by atoms with E-state index in [9.17, 15) is 0 Å². The monoisotopic (exact) mass is 262 g/mol. The summed E-state index contributed by atoms with van der Waals surface area (Å²) in [5.74, 6) is 0. The zero-order valence-electron chi connectivity index (χ0n) is 12.5. The van der Waals surface area contributed by atoms with Gasteiger partial charge in [0.1, 0.15) is 0 Å². The van der Waals surface area contributed by atoms with Gasteiger partial charge in [0.25, 0.3) is 0 Å². The SMILES string of the molecule is Cc1ccc([C@H](CN)N2C[C@@H](C)O[C@@H](C)C2)cc1C. The van der Waals surface area contributed by atoms with E-state index in [4.69, 9.17) is 10.5 Å². The molecule has 19 heavy (non-hydrogen) atoms. The van der Waals surface area contributed by atoms with Crippen molar-refractivity contribution in [2.75, 3.05) is 19.6 Å². The number of morpholine rings is 1. The van der Waals surface area contributed by atoms with Crippen LogP contribution in [0.5, 0.6) is 0 Å². The molecule has 0 aliphatic carbocycles. The van der Waals surface area contributed by atoms with E-state index in [-0.39, 0.29) is 12.2 Å². The number of nitrogens with two attached hydrogens (primary N) is 1. The molecule has 0 unspecified atom stereocenters. The van der Waals surface area contributed by atoms with Crippen LogP contribution in [0.2, 0.25) is 0 Å². The molecule has 1 aromatic rings. The highest BCUT2D eigenvalue weighted by Crippen LogP contribution is 2.25. The Morgan fingerprint density at radius 3 is 2.37 bits per heavy atom. The van der Waals surface area contributed by atoms with Crippen molar-refractivity contribution < 1.29 is 4.74 Å². The summed E-state index contributed by atoms with van der Waals surface area (Å²) in [5, 5.41) is 0. The quantitative estimate of drug-likeness (QED) is 0.909. The molecule has 1 heterocycles. The maximum atomic E-state index is 6.03. The molecule has 0 bridgehead atoms. The minimum Gasteiger partial charge on any atom is -0.373 e. The zero-order chi connectivity index (χ0) is 14.0. The van der Waals surface area contributed by atoms with E-state index in [0.717, 1.165) is 13.1 Å². The van der Waals surface area contributed by atoms with Crippen molar-refractivity contribution in [1.82, 2.24) is 4.90 Å². The first-order valence-corrected chi connectivity index (χ1v) is 7.18. The van der Waals surface area contributed by atoms with Gasteiger partial charge in [-0.2, -0.15) is 0 Å². The Hall–Kier alpha value is -0.900. The Labute approximate surface area is 116 Å². The minimum absolute atomic E-state index is 0.282. The van der Waals surface area contributed by atoms with Crippen LogP contribution in [0.15, 0.2) is 18.2 Å². The average molecular weight is 262 g/mol. The highest BCUT2D eigenvalue weighted by atomic mass is 16.5. The summed E-state index contributed by atoms with van der Waals surface area (Å²) < 4.78 is 5.81. The predicted molar refractivity (Wildman–Crippen MR) is 79.3 cm³/mol. The summed E-state index contributed by atoms with van der Waals surface area (Å²) >= 11 is 0. The van der Waals surface area contributed by atoms with Crippen molar-refractivity contribution in [3.05, 3.63) is 34.9 Å². The van der Waals surface area contributed by atoms with Gasteiger partial charge in [-0.1, -0.05) is 18.2 Å². The number of hydrogen-bond acceptors (Lipinski definition) is 3. The number of hydrogen-bond donors (Lipinski definition) is 1. The lowest BCUT2D eigenvalue weighted by Gasteiger charge is -2.40. The van der Waals surface area contributed by atoms with E-state index in [1.165, 1.54) is 16.7 Å². The fourth-order valence-electron chi connectivity index (χ4n) is 2.94. The highest BCUT2D eigenvalue weighted by Gasteiger charge is 2.28. The molecular weight excluding hydrogens is 236 g/mol. The molecule has 1 aliphatic heterocycles. The summed E-state index contributed by atoms with van der Waals surface area (Å²) in [6, 6.07) is 6.98. The molecule has 106 valence electrons. The summed E-state index contributed by atoms with van der Waals surface area (Å²) in [7, 11) is 0. The fraction of sp³-hybridized carbons (Fsp3) is 0.625. The van der Waals surface area contributed by atoms with E-state index >= 15 is 0 Å². The summed E-state index contributed by atoms with van der Waals surface area (Å²) in [6.07, 6.45) is 0.564. The van der Waals surface area contributed by atoms with Gasteiger partial charge in [-0.25, -0.2) is 0 Å². The van der Waals surface area contributed by atoms with Gasteiger partial charge in [-0.05, 0) is 44.4 Å².